The van der Waals surface area contributed by atoms with E-state index in [1.165, 1.54) is 11.0 Å². The molecule has 0 aliphatic carbocycles. The van der Waals surface area contributed by atoms with Crippen molar-refractivity contribution in [2.24, 2.45) is 0 Å². The lowest BCUT2D eigenvalue weighted by atomic mass is 10.4. The van der Waals surface area contributed by atoms with Crippen molar-refractivity contribution >= 4 is 5.97 Å². The summed E-state index contributed by atoms with van der Waals surface area (Å²) in [6.07, 6.45) is 1.40. The molecule has 1 atom stereocenters. The Hall–Kier alpha value is -1.43. The van der Waals surface area contributed by atoms with Crippen LogP contribution in [-0.2, 0) is 4.74 Å². The van der Waals surface area contributed by atoms with Gasteiger partial charge in [-0.25, -0.2) is 14.5 Å². The molecule has 0 aliphatic rings. The van der Waals surface area contributed by atoms with E-state index >= 15 is 0 Å². The van der Waals surface area contributed by atoms with Crippen LogP contribution in [0.1, 0.15) is 30.5 Å². The highest BCUT2D eigenvalue weighted by atomic mass is 16.5. The summed E-state index contributed by atoms with van der Waals surface area (Å²) in [4.78, 5) is 14.1. The molecule has 78 valence electrons. The van der Waals surface area contributed by atoms with Crippen LogP contribution in [0.3, 0.4) is 0 Å². The summed E-state index contributed by atoms with van der Waals surface area (Å²) in [5, 5.41) is 12.4. The van der Waals surface area contributed by atoms with Crippen LogP contribution in [0.4, 0.5) is 0 Å². The second-order valence-corrected chi connectivity index (χ2v) is 2.86. The molecule has 1 unspecified atom stereocenters. The third-order valence-electron chi connectivity index (χ3n) is 1.71. The van der Waals surface area contributed by atoms with E-state index in [1.54, 1.807) is 0 Å². The first-order valence-corrected chi connectivity index (χ1v) is 4.37. The standard InChI is InChI=1S/C8H13N3O3/c1-3-14-4-6(2)11-5-9-7(10-11)8(12)13/h5-6H,3-4H2,1-2H3,(H,12,13). The number of aromatic carboxylic acids is 1. The number of aromatic nitrogens is 3. The number of hydrogen-bond donors (Lipinski definition) is 1. The molecule has 14 heavy (non-hydrogen) atoms. The predicted molar refractivity (Wildman–Crippen MR) is 48.2 cm³/mol. The monoisotopic (exact) mass is 199 g/mol. The van der Waals surface area contributed by atoms with Gasteiger partial charge in [0.15, 0.2) is 0 Å². The molecule has 0 aromatic carbocycles. The summed E-state index contributed by atoms with van der Waals surface area (Å²) in [5.41, 5.74) is 0. The maximum Gasteiger partial charge on any atom is 0.375 e. The molecular weight excluding hydrogens is 186 g/mol. The summed E-state index contributed by atoms with van der Waals surface area (Å²) < 4.78 is 6.67. The lowest BCUT2D eigenvalue weighted by molar-refractivity contribution is 0.0681. The van der Waals surface area contributed by atoms with E-state index in [9.17, 15) is 4.79 Å². The van der Waals surface area contributed by atoms with Crippen LogP contribution in [0.5, 0.6) is 0 Å². The van der Waals surface area contributed by atoms with Crippen molar-refractivity contribution in [1.82, 2.24) is 14.8 Å². The highest BCUT2D eigenvalue weighted by Crippen LogP contribution is 2.03. The first-order valence-electron chi connectivity index (χ1n) is 4.37. The van der Waals surface area contributed by atoms with Crippen molar-refractivity contribution in [3.8, 4) is 0 Å². The van der Waals surface area contributed by atoms with Crippen molar-refractivity contribution in [3.63, 3.8) is 0 Å². The largest absolute Gasteiger partial charge is 0.475 e. The zero-order valence-corrected chi connectivity index (χ0v) is 8.17. The van der Waals surface area contributed by atoms with Crippen molar-refractivity contribution in [1.29, 1.82) is 0 Å². The van der Waals surface area contributed by atoms with Crippen LogP contribution in [0, 0.1) is 0 Å². The van der Waals surface area contributed by atoms with E-state index in [0.29, 0.717) is 13.2 Å². The lowest BCUT2D eigenvalue weighted by Crippen LogP contribution is -2.13. The zero-order valence-electron chi connectivity index (χ0n) is 8.17. The van der Waals surface area contributed by atoms with E-state index in [2.05, 4.69) is 10.1 Å². The van der Waals surface area contributed by atoms with E-state index in [-0.39, 0.29) is 11.9 Å². The topological polar surface area (TPSA) is 77.2 Å². The maximum atomic E-state index is 10.5. The Kier molecular flexibility index (Phi) is 3.58. The molecule has 0 saturated carbocycles. The van der Waals surface area contributed by atoms with E-state index < -0.39 is 5.97 Å². The van der Waals surface area contributed by atoms with Crippen LogP contribution in [0.15, 0.2) is 6.33 Å². The fourth-order valence-electron chi connectivity index (χ4n) is 0.950. The molecule has 6 heteroatoms. The van der Waals surface area contributed by atoms with Crippen molar-refractivity contribution in [2.45, 2.75) is 19.9 Å². The van der Waals surface area contributed by atoms with Gasteiger partial charge in [0.2, 0.25) is 0 Å². The summed E-state index contributed by atoms with van der Waals surface area (Å²) in [6.45, 7) is 4.91. The van der Waals surface area contributed by atoms with Crippen LogP contribution >= 0.6 is 0 Å². The maximum absolute atomic E-state index is 10.5. The van der Waals surface area contributed by atoms with Gasteiger partial charge < -0.3 is 9.84 Å². The summed E-state index contributed by atoms with van der Waals surface area (Å²) >= 11 is 0. The Labute approximate surface area is 81.5 Å². The number of rotatable bonds is 5. The van der Waals surface area contributed by atoms with Gasteiger partial charge in [0.25, 0.3) is 5.82 Å². The number of ether oxygens (including phenoxy) is 1. The van der Waals surface area contributed by atoms with Crippen LogP contribution in [0.2, 0.25) is 0 Å². The minimum absolute atomic E-state index is 0.00412. The summed E-state index contributed by atoms with van der Waals surface area (Å²) in [5.74, 6) is -1.30. The van der Waals surface area contributed by atoms with Gasteiger partial charge in [-0.05, 0) is 13.8 Å². The third-order valence-corrected chi connectivity index (χ3v) is 1.71. The Bertz CT molecular complexity index is 311. The van der Waals surface area contributed by atoms with Gasteiger partial charge in [0.1, 0.15) is 6.33 Å². The second-order valence-electron chi connectivity index (χ2n) is 2.86. The van der Waals surface area contributed by atoms with Crippen LogP contribution < -0.4 is 0 Å². The average molecular weight is 199 g/mol. The predicted octanol–water partition coefficient (Wildman–Crippen LogP) is 0.574. The van der Waals surface area contributed by atoms with Crippen LogP contribution in [0.25, 0.3) is 0 Å². The first-order chi connectivity index (χ1) is 6.65. The molecule has 6 nitrogen and oxygen atoms in total. The fourth-order valence-corrected chi connectivity index (χ4v) is 0.950. The van der Waals surface area contributed by atoms with Crippen molar-refractivity contribution < 1.29 is 14.6 Å². The zero-order chi connectivity index (χ0) is 10.6. The molecule has 0 spiro atoms. The molecule has 1 N–H and O–H groups in total. The van der Waals surface area contributed by atoms with Crippen LogP contribution in [-0.4, -0.2) is 39.1 Å². The molecular formula is C8H13N3O3. The minimum Gasteiger partial charge on any atom is -0.475 e. The van der Waals surface area contributed by atoms with E-state index in [4.69, 9.17) is 9.84 Å². The van der Waals surface area contributed by atoms with Crippen molar-refractivity contribution in [2.75, 3.05) is 13.2 Å². The number of carbonyl (C=O) groups is 1. The smallest absolute Gasteiger partial charge is 0.375 e. The SMILES string of the molecule is CCOCC(C)n1cnc(C(=O)O)n1. The van der Waals surface area contributed by atoms with Gasteiger partial charge in [-0.15, -0.1) is 5.10 Å². The highest BCUT2D eigenvalue weighted by Gasteiger charge is 2.12. The Morgan fingerprint density at radius 1 is 1.79 bits per heavy atom. The molecule has 0 amide bonds. The molecule has 1 rings (SSSR count). The molecule has 0 aliphatic heterocycles. The van der Waals surface area contributed by atoms with Gasteiger partial charge in [-0.2, -0.15) is 0 Å². The van der Waals surface area contributed by atoms with Crippen molar-refractivity contribution in [3.05, 3.63) is 12.2 Å². The van der Waals surface area contributed by atoms with E-state index in [1.807, 2.05) is 13.8 Å². The number of carboxylic acid groups (broad SMARTS) is 1. The molecule has 0 bridgehead atoms. The highest BCUT2D eigenvalue weighted by molar-refractivity contribution is 5.82. The lowest BCUT2D eigenvalue weighted by Gasteiger charge is -2.10. The second kappa shape index (κ2) is 4.71. The summed E-state index contributed by atoms with van der Waals surface area (Å²) in [7, 11) is 0. The molecule has 1 aromatic heterocycles. The number of carboxylic acids is 1. The normalized spacial score (nSPS) is 12.7. The number of nitrogens with zero attached hydrogens (tertiary/aromatic N) is 3. The Morgan fingerprint density at radius 2 is 2.50 bits per heavy atom. The van der Waals surface area contributed by atoms with Gasteiger partial charge >= 0.3 is 5.97 Å². The van der Waals surface area contributed by atoms with Gasteiger partial charge in [-0.1, -0.05) is 0 Å². The first kappa shape index (κ1) is 10.6. The van der Waals surface area contributed by atoms with E-state index in [0.717, 1.165) is 0 Å². The minimum atomic E-state index is -1.12. The molecule has 1 aromatic rings. The Balaban J connectivity index is 2.61. The molecule has 0 saturated heterocycles. The average Bonchev–Trinajstić information content (AvgIpc) is 2.62. The third kappa shape index (κ3) is 2.53. The quantitative estimate of drug-likeness (QED) is 0.750. The van der Waals surface area contributed by atoms with Gasteiger partial charge in [-0.3, -0.25) is 0 Å². The van der Waals surface area contributed by atoms with Gasteiger partial charge in [0, 0.05) is 6.61 Å². The molecule has 0 fully saturated rings. The number of hydrogen-bond acceptors (Lipinski definition) is 4. The van der Waals surface area contributed by atoms with Gasteiger partial charge in [0.05, 0.1) is 12.6 Å². The fraction of sp³-hybridized carbons (Fsp3) is 0.625. The molecule has 1 heterocycles. The molecule has 0 radical (unpaired) electrons. The summed E-state index contributed by atoms with van der Waals surface area (Å²) in [6, 6.07) is -0.00412. The Morgan fingerprint density at radius 3 is 3.00 bits per heavy atom.